The summed E-state index contributed by atoms with van der Waals surface area (Å²) >= 11 is 23.8. The molecule has 0 aliphatic heterocycles. The molecule has 0 atom stereocenters. The molecule has 1 aromatic rings. The van der Waals surface area contributed by atoms with Gasteiger partial charge in [0, 0.05) is 0 Å². The van der Waals surface area contributed by atoms with Gasteiger partial charge < -0.3 is 5.73 Å². The number of nitrogen functional groups attached to an aromatic ring is 1. The van der Waals surface area contributed by atoms with Crippen LogP contribution in [-0.4, -0.2) is 0 Å². The average molecular weight is 273 g/mol. The zero-order valence-electron chi connectivity index (χ0n) is 7.67. The third kappa shape index (κ3) is 1.92. The summed E-state index contributed by atoms with van der Waals surface area (Å²) in [6, 6.07) is 0. The van der Waals surface area contributed by atoms with Gasteiger partial charge in [0.05, 0.1) is 25.8 Å². The van der Waals surface area contributed by atoms with E-state index < -0.39 is 0 Å². The van der Waals surface area contributed by atoms with Crippen LogP contribution >= 0.6 is 46.4 Å². The van der Waals surface area contributed by atoms with Crippen LogP contribution in [0.1, 0.15) is 25.3 Å². The predicted octanol–water partition coefficient (Wildman–Crippen LogP) is 5.01. The second kappa shape index (κ2) is 4.36. The highest BCUT2D eigenvalue weighted by molar-refractivity contribution is 6.51. The van der Waals surface area contributed by atoms with Gasteiger partial charge in [0.25, 0.3) is 0 Å². The maximum atomic E-state index is 6.02. The van der Waals surface area contributed by atoms with E-state index in [1.54, 1.807) is 0 Å². The lowest BCUT2D eigenvalue weighted by molar-refractivity contribution is 0.868. The molecule has 0 bridgehead atoms. The summed E-state index contributed by atoms with van der Waals surface area (Å²) in [4.78, 5) is 0. The zero-order chi connectivity index (χ0) is 11.0. The molecule has 0 spiro atoms. The molecule has 0 saturated carbocycles. The van der Waals surface area contributed by atoms with Crippen LogP contribution < -0.4 is 5.73 Å². The molecule has 0 radical (unpaired) electrons. The maximum absolute atomic E-state index is 6.02. The van der Waals surface area contributed by atoms with E-state index in [4.69, 9.17) is 52.1 Å². The Balaban J connectivity index is 3.60. The first-order valence-corrected chi connectivity index (χ1v) is 5.50. The van der Waals surface area contributed by atoms with Gasteiger partial charge in [-0.3, -0.25) is 0 Å². The molecule has 78 valence electrons. The van der Waals surface area contributed by atoms with E-state index in [9.17, 15) is 0 Å². The second-order valence-corrected chi connectivity index (χ2v) is 4.75. The summed E-state index contributed by atoms with van der Waals surface area (Å²) in [5, 5.41) is 1.25. The van der Waals surface area contributed by atoms with Gasteiger partial charge in [-0.2, -0.15) is 0 Å². The van der Waals surface area contributed by atoms with Crippen molar-refractivity contribution < 1.29 is 0 Å². The van der Waals surface area contributed by atoms with Crippen molar-refractivity contribution in [3.8, 4) is 0 Å². The number of halogens is 4. The molecule has 5 heteroatoms. The van der Waals surface area contributed by atoms with Crippen LogP contribution in [0.25, 0.3) is 0 Å². The number of hydrogen-bond donors (Lipinski definition) is 1. The Morgan fingerprint density at radius 3 is 1.79 bits per heavy atom. The molecule has 0 aliphatic rings. The van der Waals surface area contributed by atoms with Crippen molar-refractivity contribution in [2.45, 2.75) is 19.8 Å². The van der Waals surface area contributed by atoms with Crippen LogP contribution in [-0.2, 0) is 0 Å². The highest BCUT2D eigenvalue weighted by Gasteiger charge is 2.20. The maximum Gasteiger partial charge on any atom is 0.0852 e. The monoisotopic (exact) mass is 271 g/mol. The number of rotatable bonds is 1. The molecule has 0 fully saturated rings. The minimum atomic E-state index is 0.145. The molecule has 2 N–H and O–H groups in total. The van der Waals surface area contributed by atoms with Crippen molar-refractivity contribution in [2.75, 3.05) is 5.73 Å². The first kappa shape index (κ1) is 12.3. The lowest BCUT2D eigenvalue weighted by atomic mass is 10.0. The standard InChI is InChI=1S/C9H9Cl4N/c1-3(2)4-5(10)7(12)8(13)9(14)6(4)11/h3H,14H2,1-2H3. The van der Waals surface area contributed by atoms with Crippen LogP contribution in [0.2, 0.25) is 20.1 Å². The topological polar surface area (TPSA) is 26.0 Å². The van der Waals surface area contributed by atoms with E-state index in [0.29, 0.717) is 10.0 Å². The Kier molecular flexibility index (Phi) is 3.81. The molecule has 1 aromatic carbocycles. The third-order valence-electron chi connectivity index (χ3n) is 1.91. The molecule has 0 saturated heterocycles. The Bertz CT molecular complexity index is 345. The second-order valence-electron chi connectivity index (χ2n) is 3.24. The van der Waals surface area contributed by atoms with Crippen LogP contribution in [0.3, 0.4) is 0 Å². The Morgan fingerprint density at radius 2 is 1.36 bits per heavy atom. The van der Waals surface area contributed by atoms with Gasteiger partial charge in [-0.25, -0.2) is 0 Å². The molecule has 0 amide bonds. The zero-order valence-corrected chi connectivity index (χ0v) is 10.7. The van der Waals surface area contributed by atoms with Gasteiger partial charge >= 0.3 is 0 Å². The molecular weight excluding hydrogens is 264 g/mol. The van der Waals surface area contributed by atoms with Crippen molar-refractivity contribution in [2.24, 2.45) is 0 Å². The van der Waals surface area contributed by atoms with Gasteiger partial charge in [-0.05, 0) is 11.5 Å². The molecular formula is C9H9Cl4N. The fourth-order valence-corrected chi connectivity index (χ4v) is 2.53. The van der Waals surface area contributed by atoms with Crippen LogP contribution in [0, 0.1) is 0 Å². The van der Waals surface area contributed by atoms with Gasteiger partial charge in [-0.15, -0.1) is 0 Å². The van der Waals surface area contributed by atoms with E-state index in [1.165, 1.54) is 0 Å². The van der Waals surface area contributed by atoms with Crippen molar-refractivity contribution >= 4 is 52.1 Å². The summed E-state index contributed by atoms with van der Waals surface area (Å²) in [7, 11) is 0. The van der Waals surface area contributed by atoms with Crippen molar-refractivity contribution in [3.05, 3.63) is 25.7 Å². The lowest BCUT2D eigenvalue weighted by Crippen LogP contribution is -1.98. The Hall–Kier alpha value is 0.180. The Labute approximate surface area is 103 Å². The van der Waals surface area contributed by atoms with Crippen LogP contribution in [0.4, 0.5) is 5.69 Å². The molecule has 0 aliphatic carbocycles. The Morgan fingerprint density at radius 1 is 0.857 bits per heavy atom. The summed E-state index contributed by atoms with van der Waals surface area (Å²) < 4.78 is 0. The van der Waals surface area contributed by atoms with E-state index in [0.717, 1.165) is 5.56 Å². The third-order valence-corrected chi connectivity index (χ3v) is 3.67. The fourth-order valence-electron chi connectivity index (χ4n) is 1.18. The SMILES string of the molecule is CC(C)c1c(Cl)c(N)c(Cl)c(Cl)c1Cl. The number of nitrogens with two attached hydrogens (primary N) is 1. The normalized spacial score (nSPS) is 11.1. The quantitative estimate of drug-likeness (QED) is 0.434. The van der Waals surface area contributed by atoms with E-state index in [-0.39, 0.29) is 21.7 Å². The lowest BCUT2D eigenvalue weighted by Gasteiger charge is -2.15. The van der Waals surface area contributed by atoms with Crippen LogP contribution in [0.5, 0.6) is 0 Å². The molecule has 1 nitrogen and oxygen atoms in total. The number of benzene rings is 1. The highest BCUT2D eigenvalue weighted by atomic mass is 35.5. The minimum absolute atomic E-state index is 0.145. The van der Waals surface area contributed by atoms with Gasteiger partial charge in [0.15, 0.2) is 0 Å². The first-order chi connectivity index (χ1) is 6.37. The van der Waals surface area contributed by atoms with E-state index in [1.807, 2.05) is 13.8 Å². The minimum Gasteiger partial charge on any atom is -0.396 e. The molecule has 14 heavy (non-hydrogen) atoms. The highest BCUT2D eigenvalue weighted by Crippen LogP contribution is 2.45. The molecule has 0 heterocycles. The number of hydrogen-bond acceptors (Lipinski definition) is 1. The van der Waals surface area contributed by atoms with Crippen LogP contribution in [0.15, 0.2) is 0 Å². The summed E-state index contributed by atoms with van der Waals surface area (Å²) in [6.45, 7) is 3.91. The summed E-state index contributed by atoms with van der Waals surface area (Å²) in [5.74, 6) is 0.145. The first-order valence-electron chi connectivity index (χ1n) is 3.99. The summed E-state index contributed by atoms with van der Waals surface area (Å²) in [5.41, 5.74) is 6.70. The van der Waals surface area contributed by atoms with Gasteiger partial charge in [-0.1, -0.05) is 60.3 Å². The fraction of sp³-hybridized carbons (Fsp3) is 0.333. The van der Waals surface area contributed by atoms with Crippen molar-refractivity contribution in [3.63, 3.8) is 0 Å². The predicted molar refractivity (Wildman–Crippen MR) is 65.0 cm³/mol. The van der Waals surface area contributed by atoms with E-state index in [2.05, 4.69) is 0 Å². The summed E-state index contributed by atoms with van der Waals surface area (Å²) in [6.07, 6.45) is 0. The number of anilines is 1. The van der Waals surface area contributed by atoms with Crippen molar-refractivity contribution in [1.29, 1.82) is 0 Å². The molecule has 0 aromatic heterocycles. The smallest absolute Gasteiger partial charge is 0.0852 e. The van der Waals surface area contributed by atoms with E-state index >= 15 is 0 Å². The van der Waals surface area contributed by atoms with Crippen molar-refractivity contribution in [1.82, 2.24) is 0 Å². The molecule has 1 rings (SSSR count). The van der Waals surface area contributed by atoms with Gasteiger partial charge in [0.1, 0.15) is 0 Å². The van der Waals surface area contributed by atoms with Gasteiger partial charge in [0.2, 0.25) is 0 Å². The molecule has 0 unspecified atom stereocenters. The largest absolute Gasteiger partial charge is 0.396 e. The average Bonchev–Trinajstić information content (AvgIpc) is 2.11.